The number of ether oxygens (including phenoxy) is 2. The van der Waals surface area contributed by atoms with Gasteiger partial charge in [0.2, 0.25) is 0 Å². The van der Waals surface area contributed by atoms with Gasteiger partial charge in [-0.15, -0.1) is 0 Å². The number of hydrogen-bond acceptors (Lipinski definition) is 6. The van der Waals surface area contributed by atoms with Crippen molar-refractivity contribution in [1.29, 1.82) is 0 Å². The number of quaternary nitrogens is 1. The molecule has 0 radical (unpaired) electrons. The van der Waals surface area contributed by atoms with E-state index in [-0.39, 0.29) is 42.7 Å². The minimum absolute atomic E-state index is 0.0529. The topological polar surface area (TPSA) is 168 Å². The summed E-state index contributed by atoms with van der Waals surface area (Å²) in [7, 11) is 1.78. The molecule has 8 atom stereocenters. The van der Waals surface area contributed by atoms with E-state index in [0.717, 1.165) is 69.9 Å². The summed E-state index contributed by atoms with van der Waals surface area (Å²) in [5.41, 5.74) is 10.2. The van der Waals surface area contributed by atoms with Crippen molar-refractivity contribution in [3.05, 3.63) is 11.6 Å². The lowest BCUT2D eigenvalue weighted by molar-refractivity contribution is -0.699. The Bertz CT molecular complexity index is 1110. The summed E-state index contributed by atoms with van der Waals surface area (Å²) in [5, 5.41) is 5.60. The first-order valence-electron chi connectivity index (χ1n) is 17.3. The van der Waals surface area contributed by atoms with Gasteiger partial charge in [-0.05, 0) is 44.4 Å². The number of rotatable bonds is 14. The van der Waals surface area contributed by atoms with Gasteiger partial charge in [-0.25, -0.2) is 4.79 Å². The zero-order valence-electron chi connectivity index (χ0n) is 27.8. The number of unbranched alkanes of at least 4 members (excludes halogenated alkanes) is 3. The van der Waals surface area contributed by atoms with Crippen molar-refractivity contribution in [3.8, 4) is 0 Å². The van der Waals surface area contributed by atoms with Crippen molar-refractivity contribution in [2.75, 3.05) is 20.2 Å². The third-order valence-electron chi connectivity index (χ3n) is 10.6. The summed E-state index contributed by atoms with van der Waals surface area (Å²) in [5.74, 6) is -0.543. The second kappa shape index (κ2) is 14.9. The van der Waals surface area contributed by atoms with Crippen LogP contribution in [0.3, 0.4) is 0 Å². The van der Waals surface area contributed by atoms with Crippen molar-refractivity contribution in [3.63, 3.8) is 0 Å². The predicted molar refractivity (Wildman–Crippen MR) is 169 cm³/mol. The lowest BCUT2D eigenvalue weighted by atomic mass is 9.57. The molecule has 2 aliphatic heterocycles. The average Bonchev–Trinajstić information content (AvgIpc) is 3.70. The maximum Gasteiger partial charge on any atom is 0.349 e. The van der Waals surface area contributed by atoms with Crippen molar-refractivity contribution < 1.29 is 34.2 Å². The first-order valence-corrected chi connectivity index (χ1v) is 17.3. The summed E-state index contributed by atoms with van der Waals surface area (Å²) in [6.07, 6.45) is 12.0. The zero-order valence-corrected chi connectivity index (χ0v) is 27.8. The Labute approximate surface area is 263 Å². The molecule has 2 saturated carbocycles. The number of carbonyl (C=O) groups is 3. The standard InChI is InChI=1S/C34H57N5O5/c1-6-7-8-9-17-43-31(42)34-30(41)28-24(18-21(2)3)11-10-12-25(28)29(40)33(34,44-34)15-13-22(4)19-26(39-32(36)37-5)23-14-16-38-27(35)20-23/h13,21,23-28,38H,6-12,14-20,35H2,1-5H3,(H3,36,37,39)/p+2/t23?,24?,25?,26-,27?,28?,33+,34+/m1/s1. The van der Waals surface area contributed by atoms with Crippen molar-refractivity contribution >= 4 is 23.5 Å². The van der Waals surface area contributed by atoms with Crippen molar-refractivity contribution in [1.82, 2.24) is 5.32 Å². The molecule has 248 valence electrons. The molecule has 10 heteroatoms. The van der Waals surface area contributed by atoms with Gasteiger partial charge >= 0.3 is 11.9 Å². The van der Waals surface area contributed by atoms with Crippen LogP contribution in [0.15, 0.2) is 11.6 Å². The Morgan fingerprint density at radius 2 is 1.98 bits per heavy atom. The molecule has 0 aromatic rings. The van der Waals surface area contributed by atoms with E-state index < -0.39 is 29.0 Å². The molecule has 2 saturated heterocycles. The molecule has 0 amide bonds. The fourth-order valence-corrected chi connectivity index (χ4v) is 8.29. The van der Waals surface area contributed by atoms with E-state index in [4.69, 9.17) is 20.9 Å². The molecule has 2 heterocycles. The van der Waals surface area contributed by atoms with Gasteiger partial charge in [-0.2, -0.15) is 0 Å². The van der Waals surface area contributed by atoms with E-state index in [1.54, 1.807) is 7.05 Å². The van der Waals surface area contributed by atoms with Gasteiger partial charge in [0, 0.05) is 43.4 Å². The Balaban J connectivity index is 1.58. The molecular formula is C34H59N5O5+2. The van der Waals surface area contributed by atoms with E-state index >= 15 is 0 Å². The smallest absolute Gasteiger partial charge is 0.349 e. The van der Waals surface area contributed by atoms with Gasteiger partial charge in [0.15, 0.2) is 17.2 Å². The number of fused-ring (bicyclic) bond motifs is 2. The largest absolute Gasteiger partial charge is 0.463 e. The number of Topliss-reactive ketones (excluding diaryl/α,β-unsaturated/α-hetero) is 2. The van der Waals surface area contributed by atoms with Crippen LogP contribution in [-0.2, 0) is 23.9 Å². The number of nitrogens with one attached hydrogen (secondary N) is 2. The summed E-state index contributed by atoms with van der Waals surface area (Å²) in [6.45, 7) is 9.65. The third kappa shape index (κ3) is 7.07. The fourth-order valence-electron chi connectivity index (χ4n) is 8.29. The van der Waals surface area contributed by atoms with Crippen LogP contribution in [0.5, 0.6) is 0 Å². The molecule has 10 nitrogen and oxygen atoms in total. The molecule has 8 N–H and O–H groups in total. The summed E-state index contributed by atoms with van der Waals surface area (Å²) >= 11 is 0. The molecule has 0 aromatic carbocycles. The Morgan fingerprint density at radius 3 is 2.66 bits per heavy atom. The van der Waals surface area contributed by atoms with E-state index in [1.165, 1.54) is 0 Å². The van der Waals surface area contributed by atoms with Crippen LogP contribution >= 0.6 is 0 Å². The van der Waals surface area contributed by atoms with Crippen LogP contribution in [0, 0.1) is 29.6 Å². The molecule has 4 aliphatic rings. The second-order valence-electron chi connectivity index (χ2n) is 14.3. The molecular weight excluding hydrogens is 558 g/mol. The lowest BCUT2D eigenvalue weighted by Gasteiger charge is -2.42. The van der Waals surface area contributed by atoms with Crippen molar-refractivity contribution in [2.45, 2.75) is 128 Å². The molecule has 0 aromatic heterocycles. The Hall–Kier alpha value is -2.30. The van der Waals surface area contributed by atoms with E-state index in [0.29, 0.717) is 30.6 Å². The van der Waals surface area contributed by atoms with Crippen LogP contribution in [0.1, 0.15) is 105 Å². The monoisotopic (exact) mass is 617 g/mol. The van der Waals surface area contributed by atoms with Gasteiger partial charge in [0.05, 0.1) is 26.2 Å². The number of hydrogen-bond donors (Lipinski definition) is 5. The molecule has 44 heavy (non-hydrogen) atoms. The van der Waals surface area contributed by atoms with Crippen LogP contribution in [-0.4, -0.2) is 67.1 Å². The highest BCUT2D eigenvalue weighted by Crippen LogP contribution is 2.62. The van der Waals surface area contributed by atoms with Crippen LogP contribution in [0.25, 0.3) is 0 Å². The molecule has 0 spiro atoms. The highest BCUT2D eigenvalue weighted by atomic mass is 16.7. The Kier molecular flexibility index (Phi) is 11.7. The normalized spacial score (nSPS) is 34.8. The van der Waals surface area contributed by atoms with E-state index in [9.17, 15) is 14.4 Å². The van der Waals surface area contributed by atoms with Crippen molar-refractivity contribution in [2.24, 2.45) is 41.1 Å². The van der Waals surface area contributed by atoms with E-state index in [1.807, 2.05) is 13.0 Å². The van der Waals surface area contributed by atoms with Crippen LogP contribution in [0.4, 0.5) is 0 Å². The van der Waals surface area contributed by atoms with E-state index in [2.05, 4.69) is 36.4 Å². The quantitative estimate of drug-likeness (QED) is 0.0363. The second-order valence-corrected chi connectivity index (χ2v) is 14.3. The summed E-state index contributed by atoms with van der Waals surface area (Å²) < 4.78 is 12.0. The molecule has 4 fully saturated rings. The fraction of sp³-hybridized carbons (Fsp3) is 0.824. The predicted octanol–water partition coefficient (Wildman–Crippen LogP) is 0.816. The average molecular weight is 618 g/mol. The highest BCUT2D eigenvalue weighted by molar-refractivity contribution is 6.23. The molecule has 5 unspecified atom stereocenters. The number of ketones is 2. The van der Waals surface area contributed by atoms with Gasteiger partial charge in [-0.1, -0.05) is 58.1 Å². The molecule has 0 bridgehead atoms. The number of esters is 1. The number of piperidine rings is 1. The van der Waals surface area contributed by atoms with Gasteiger partial charge < -0.3 is 14.8 Å². The number of guanidine groups is 1. The number of nitrogens with two attached hydrogens (primary N) is 3. The summed E-state index contributed by atoms with van der Waals surface area (Å²) in [4.78, 5) is 45.5. The SMILES string of the molecule is CCCCCCOC(=O)[C@]12O[C@@]1(CC=C(C)C[C@@H](NC(N)=[NH+]C)C1CC[NH2+]C(N)C1)C(=O)C1CCCC(CC(C)C)C1C2=O. The zero-order chi connectivity index (χ0) is 32.1. The maximum absolute atomic E-state index is 14.4. The first-order chi connectivity index (χ1) is 21.0. The minimum atomic E-state index is -1.83. The first kappa shape index (κ1) is 34.6. The third-order valence-corrected chi connectivity index (χ3v) is 10.6. The molecule has 2 aliphatic carbocycles. The number of epoxide rings is 1. The number of carbonyl (C=O) groups excluding carboxylic acids is 3. The van der Waals surface area contributed by atoms with Crippen LogP contribution < -0.4 is 27.1 Å². The minimum Gasteiger partial charge on any atom is -0.463 e. The highest BCUT2D eigenvalue weighted by Gasteiger charge is 2.87. The Morgan fingerprint density at radius 1 is 1.20 bits per heavy atom. The molecule has 4 rings (SSSR count). The van der Waals surface area contributed by atoms with Gasteiger partial charge in [0.25, 0.3) is 5.60 Å². The van der Waals surface area contributed by atoms with Crippen LogP contribution in [0.2, 0.25) is 0 Å². The lowest BCUT2D eigenvalue weighted by Crippen LogP contribution is -2.95. The van der Waals surface area contributed by atoms with Gasteiger partial charge in [0.1, 0.15) is 6.17 Å². The van der Waals surface area contributed by atoms with Gasteiger partial charge in [-0.3, -0.25) is 31.4 Å². The summed E-state index contributed by atoms with van der Waals surface area (Å²) in [6, 6.07) is 0.0529. The maximum atomic E-state index is 14.4.